The second-order valence-electron chi connectivity index (χ2n) is 4.81. The van der Waals surface area contributed by atoms with E-state index >= 15 is 0 Å². The Labute approximate surface area is 102 Å². The molecule has 1 aliphatic heterocycles. The van der Waals surface area contributed by atoms with Crippen LogP contribution in [-0.2, 0) is 0 Å². The molecule has 1 aromatic carbocycles. The zero-order chi connectivity index (χ0) is 11.6. The predicted molar refractivity (Wildman–Crippen MR) is 71.9 cm³/mol. The molecule has 2 heteroatoms. The normalized spacial score (nSPS) is 22.5. The molecule has 0 saturated carbocycles. The molecular formula is C14H19NS. The Morgan fingerprint density at radius 2 is 2.31 bits per heavy atom. The van der Waals surface area contributed by atoms with Crippen molar-refractivity contribution in [3.05, 3.63) is 42.5 Å². The average molecular weight is 233 g/mol. The molecule has 0 bridgehead atoms. The molecule has 2 atom stereocenters. The van der Waals surface area contributed by atoms with E-state index in [2.05, 4.69) is 37.8 Å². The summed E-state index contributed by atoms with van der Waals surface area (Å²) in [5, 5.41) is 0. The number of hydrogen-bond acceptors (Lipinski definition) is 2. The lowest BCUT2D eigenvalue weighted by Gasteiger charge is -2.27. The minimum Gasteiger partial charge on any atom is -0.330 e. The van der Waals surface area contributed by atoms with Crippen LogP contribution in [0.4, 0.5) is 0 Å². The van der Waals surface area contributed by atoms with Crippen LogP contribution < -0.4 is 5.73 Å². The van der Waals surface area contributed by atoms with Crippen molar-refractivity contribution in [1.29, 1.82) is 0 Å². The van der Waals surface area contributed by atoms with Gasteiger partial charge in [-0.2, -0.15) is 0 Å². The van der Waals surface area contributed by atoms with Gasteiger partial charge >= 0.3 is 0 Å². The lowest BCUT2D eigenvalue weighted by atomic mass is 9.79. The topological polar surface area (TPSA) is 26.0 Å². The predicted octanol–water partition coefficient (Wildman–Crippen LogP) is 3.42. The van der Waals surface area contributed by atoms with Crippen LogP contribution in [0.3, 0.4) is 0 Å². The second-order valence-corrected chi connectivity index (χ2v) is 5.87. The summed E-state index contributed by atoms with van der Waals surface area (Å²) >= 11 is 1.96. The monoisotopic (exact) mass is 233 g/mol. The fraction of sp³-hybridized carbons (Fsp3) is 0.429. The van der Waals surface area contributed by atoms with E-state index in [9.17, 15) is 0 Å². The lowest BCUT2D eigenvalue weighted by Crippen LogP contribution is -2.27. The Hall–Kier alpha value is -0.730. The summed E-state index contributed by atoms with van der Waals surface area (Å²) < 4.78 is 0. The summed E-state index contributed by atoms with van der Waals surface area (Å²) in [6, 6.07) is 8.71. The Morgan fingerprint density at radius 3 is 3.00 bits per heavy atom. The molecule has 1 aromatic rings. The molecule has 2 unspecified atom stereocenters. The highest BCUT2D eigenvalue weighted by molar-refractivity contribution is 7.99. The number of nitrogens with two attached hydrogens (primary N) is 1. The van der Waals surface area contributed by atoms with E-state index in [1.165, 1.54) is 16.2 Å². The van der Waals surface area contributed by atoms with E-state index in [1.807, 2.05) is 17.8 Å². The molecule has 2 rings (SSSR count). The maximum atomic E-state index is 5.84. The van der Waals surface area contributed by atoms with Gasteiger partial charge in [-0.25, -0.2) is 0 Å². The highest BCUT2D eigenvalue weighted by atomic mass is 32.2. The van der Waals surface area contributed by atoms with Gasteiger partial charge in [0.25, 0.3) is 0 Å². The van der Waals surface area contributed by atoms with Crippen LogP contribution in [-0.4, -0.2) is 12.3 Å². The van der Waals surface area contributed by atoms with Crippen molar-refractivity contribution >= 4 is 11.8 Å². The number of benzene rings is 1. The third-order valence-corrected chi connectivity index (χ3v) is 4.72. The molecule has 1 heterocycles. The Bertz CT molecular complexity index is 388. The van der Waals surface area contributed by atoms with Crippen molar-refractivity contribution < 1.29 is 0 Å². The van der Waals surface area contributed by atoms with E-state index in [1.54, 1.807) is 0 Å². The second kappa shape index (κ2) is 4.64. The van der Waals surface area contributed by atoms with E-state index in [0.29, 0.717) is 12.5 Å². The summed E-state index contributed by atoms with van der Waals surface area (Å²) in [5.74, 6) is 1.82. The molecule has 0 spiro atoms. The van der Waals surface area contributed by atoms with Crippen LogP contribution >= 0.6 is 11.8 Å². The molecule has 1 aliphatic rings. The molecular weight excluding hydrogens is 214 g/mol. The minimum atomic E-state index is 0.0721. The van der Waals surface area contributed by atoms with E-state index in [-0.39, 0.29) is 5.41 Å². The summed E-state index contributed by atoms with van der Waals surface area (Å²) in [6.45, 7) is 6.80. The Morgan fingerprint density at radius 1 is 1.56 bits per heavy atom. The van der Waals surface area contributed by atoms with Crippen LogP contribution in [0.15, 0.2) is 41.8 Å². The first-order valence-electron chi connectivity index (χ1n) is 5.74. The SMILES string of the molecule is C=CC(C)(CN)CC1CSc2ccccc21. The van der Waals surface area contributed by atoms with Gasteiger partial charge in [0.15, 0.2) is 0 Å². The number of thioether (sulfide) groups is 1. The quantitative estimate of drug-likeness (QED) is 0.806. The van der Waals surface area contributed by atoms with Crippen molar-refractivity contribution in [3.63, 3.8) is 0 Å². The first-order chi connectivity index (χ1) is 7.68. The average Bonchev–Trinajstić information content (AvgIpc) is 2.73. The fourth-order valence-corrected chi connectivity index (χ4v) is 3.47. The molecule has 0 aromatic heterocycles. The first kappa shape index (κ1) is 11.7. The fourth-order valence-electron chi connectivity index (χ4n) is 2.21. The largest absolute Gasteiger partial charge is 0.330 e. The van der Waals surface area contributed by atoms with Crippen LogP contribution in [0.2, 0.25) is 0 Å². The zero-order valence-corrected chi connectivity index (χ0v) is 10.6. The van der Waals surface area contributed by atoms with Crippen molar-refractivity contribution in [3.8, 4) is 0 Å². The van der Waals surface area contributed by atoms with Gasteiger partial charge in [0.1, 0.15) is 0 Å². The number of fused-ring (bicyclic) bond motifs is 1. The minimum absolute atomic E-state index is 0.0721. The van der Waals surface area contributed by atoms with Gasteiger partial charge in [-0.15, -0.1) is 18.3 Å². The van der Waals surface area contributed by atoms with Crippen molar-refractivity contribution in [2.24, 2.45) is 11.1 Å². The van der Waals surface area contributed by atoms with E-state index in [4.69, 9.17) is 5.73 Å². The van der Waals surface area contributed by atoms with Gasteiger partial charge in [0.05, 0.1) is 0 Å². The standard InChI is InChI=1S/C14H19NS/c1-3-14(2,10-15)8-11-9-16-13-7-5-4-6-12(11)13/h3-7,11H,1,8-10,15H2,2H3. The molecule has 1 nitrogen and oxygen atoms in total. The number of rotatable bonds is 4. The molecule has 16 heavy (non-hydrogen) atoms. The Kier molecular flexibility index (Phi) is 3.41. The summed E-state index contributed by atoms with van der Waals surface area (Å²) in [5.41, 5.74) is 7.40. The van der Waals surface area contributed by atoms with Crippen molar-refractivity contribution in [2.45, 2.75) is 24.2 Å². The molecule has 86 valence electrons. The van der Waals surface area contributed by atoms with E-state index < -0.39 is 0 Å². The molecule has 0 aliphatic carbocycles. The Balaban J connectivity index is 2.17. The highest BCUT2D eigenvalue weighted by Gasteiger charge is 2.29. The molecule has 0 radical (unpaired) electrons. The molecule has 0 fully saturated rings. The maximum absolute atomic E-state index is 5.84. The van der Waals surface area contributed by atoms with E-state index in [0.717, 1.165) is 6.42 Å². The van der Waals surface area contributed by atoms with Gasteiger partial charge in [0.2, 0.25) is 0 Å². The van der Waals surface area contributed by atoms with Gasteiger partial charge in [-0.1, -0.05) is 31.2 Å². The van der Waals surface area contributed by atoms with Crippen LogP contribution in [0.5, 0.6) is 0 Å². The molecule has 0 amide bonds. The van der Waals surface area contributed by atoms with Crippen molar-refractivity contribution in [2.75, 3.05) is 12.3 Å². The van der Waals surface area contributed by atoms with Gasteiger partial charge in [-0.3, -0.25) is 0 Å². The summed E-state index contributed by atoms with van der Waals surface area (Å²) in [6.07, 6.45) is 3.12. The van der Waals surface area contributed by atoms with Gasteiger partial charge < -0.3 is 5.73 Å². The number of hydrogen-bond donors (Lipinski definition) is 1. The zero-order valence-electron chi connectivity index (χ0n) is 9.78. The van der Waals surface area contributed by atoms with Gasteiger partial charge in [-0.05, 0) is 29.4 Å². The summed E-state index contributed by atoms with van der Waals surface area (Å²) in [4.78, 5) is 1.44. The first-order valence-corrected chi connectivity index (χ1v) is 6.72. The lowest BCUT2D eigenvalue weighted by molar-refractivity contribution is 0.376. The van der Waals surface area contributed by atoms with Crippen LogP contribution in [0.25, 0.3) is 0 Å². The third-order valence-electron chi connectivity index (χ3n) is 3.47. The maximum Gasteiger partial charge on any atom is 0.0107 e. The van der Waals surface area contributed by atoms with Crippen LogP contribution in [0, 0.1) is 5.41 Å². The highest BCUT2D eigenvalue weighted by Crippen LogP contribution is 2.44. The van der Waals surface area contributed by atoms with Gasteiger partial charge in [0, 0.05) is 17.2 Å². The van der Waals surface area contributed by atoms with Crippen LogP contribution in [0.1, 0.15) is 24.8 Å². The molecule has 2 N–H and O–H groups in total. The molecule has 0 saturated heterocycles. The van der Waals surface area contributed by atoms with Crippen molar-refractivity contribution in [1.82, 2.24) is 0 Å². The smallest absolute Gasteiger partial charge is 0.0107 e. The third kappa shape index (κ3) is 2.18. The summed E-state index contributed by atoms with van der Waals surface area (Å²) in [7, 11) is 0.